The Hall–Kier alpha value is -1.78. The van der Waals surface area contributed by atoms with Crippen molar-refractivity contribution in [3.05, 3.63) is 57.2 Å². The first kappa shape index (κ1) is 20.0. The molecule has 1 amide bonds. The van der Waals surface area contributed by atoms with Crippen molar-refractivity contribution in [3.63, 3.8) is 0 Å². The summed E-state index contributed by atoms with van der Waals surface area (Å²) in [5, 5.41) is 7.50. The van der Waals surface area contributed by atoms with Gasteiger partial charge in [0.05, 0.1) is 10.0 Å². The average molecular weight is 406 g/mol. The summed E-state index contributed by atoms with van der Waals surface area (Å²) in [6, 6.07) is 9.84. The van der Waals surface area contributed by atoms with Gasteiger partial charge in [-0.05, 0) is 61.4 Å². The van der Waals surface area contributed by atoms with E-state index in [0.717, 1.165) is 49.3 Å². The van der Waals surface area contributed by atoms with Gasteiger partial charge in [-0.1, -0.05) is 35.3 Å². The Morgan fingerprint density at radius 3 is 2.85 bits per heavy atom. The quantitative estimate of drug-likeness (QED) is 0.693. The van der Waals surface area contributed by atoms with Gasteiger partial charge in [0.1, 0.15) is 5.82 Å². The van der Waals surface area contributed by atoms with Crippen LogP contribution in [0.15, 0.2) is 30.3 Å². The van der Waals surface area contributed by atoms with Crippen molar-refractivity contribution in [1.29, 1.82) is 0 Å². The van der Waals surface area contributed by atoms with Gasteiger partial charge in [0.2, 0.25) is 5.91 Å². The minimum absolute atomic E-state index is 0.0722. The lowest BCUT2D eigenvalue weighted by atomic mass is 10.1. The summed E-state index contributed by atoms with van der Waals surface area (Å²) in [5.41, 5.74) is 3.40. The highest BCUT2D eigenvalue weighted by Crippen LogP contribution is 2.23. The number of aromatic nitrogens is 1. The molecule has 0 saturated carbocycles. The highest BCUT2D eigenvalue weighted by atomic mass is 35.5. The van der Waals surface area contributed by atoms with Crippen LogP contribution in [0.3, 0.4) is 0 Å². The van der Waals surface area contributed by atoms with Crippen molar-refractivity contribution in [2.45, 2.75) is 44.9 Å². The lowest BCUT2D eigenvalue weighted by Crippen LogP contribution is -2.25. The minimum Gasteiger partial charge on any atom is -0.370 e. The maximum absolute atomic E-state index is 12.0. The number of anilines is 1. The number of amides is 1. The zero-order valence-corrected chi connectivity index (χ0v) is 16.9. The number of rotatable bonds is 7. The molecule has 0 radical (unpaired) electrons. The van der Waals surface area contributed by atoms with Crippen LogP contribution >= 0.6 is 23.2 Å². The summed E-state index contributed by atoms with van der Waals surface area (Å²) in [5.74, 6) is 1.08. The fourth-order valence-corrected chi connectivity index (χ4v) is 3.56. The first-order valence-electron chi connectivity index (χ1n) is 9.55. The van der Waals surface area contributed by atoms with E-state index in [1.54, 1.807) is 6.07 Å². The molecule has 0 aliphatic carbocycles. The molecule has 1 aliphatic rings. The lowest BCUT2D eigenvalue weighted by Gasteiger charge is -2.10. The molecule has 0 spiro atoms. The number of carbonyl (C=O) groups is 1. The van der Waals surface area contributed by atoms with E-state index in [1.165, 1.54) is 18.4 Å². The summed E-state index contributed by atoms with van der Waals surface area (Å²) < 4.78 is 0. The molecule has 1 aromatic heterocycles. The van der Waals surface area contributed by atoms with Gasteiger partial charge in [0, 0.05) is 31.6 Å². The van der Waals surface area contributed by atoms with Crippen LogP contribution in [-0.4, -0.2) is 24.0 Å². The molecule has 0 saturated heterocycles. The third-order valence-corrected chi connectivity index (χ3v) is 5.50. The van der Waals surface area contributed by atoms with Crippen molar-refractivity contribution in [2.24, 2.45) is 0 Å². The fraction of sp³-hybridized carbons (Fsp3) is 0.429. The highest BCUT2D eigenvalue weighted by molar-refractivity contribution is 6.42. The number of benzene rings is 1. The van der Waals surface area contributed by atoms with Crippen molar-refractivity contribution in [2.75, 3.05) is 18.4 Å². The Bertz CT molecular complexity index is 795. The molecule has 6 heteroatoms. The summed E-state index contributed by atoms with van der Waals surface area (Å²) in [4.78, 5) is 16.7. The molecule has 4 nitrogen and oxygen atoms in total. The zero-order valence-electron chi connectivity index (χ0n) is 15.4. The topological polar surface area (TPSA) is 54.0 Å². The Labute approximate surface area is 170 Å². The van der Waals surface area contributed by atoms with Gasteiger partial charge in [-0.2, -0.15) is 0 Å². The van der Waals surface area contributed by atoms with Gasteiger partial charge in [-0.25, -0.2) is 4.98 Å². The van der Waals surface area contributed by atoms with Crippen LogP contribution in [0.1, 0.15) is 42.5 Å². The average Bonchev–Trinajstić information content (AvgIpc) is 2.89. The van der Waals surface area contributed by atoms with Crippen LogP contribution < -0.4 is 10.6 Å². The third kappa shape index (κ3) is 6.12. The van der Waals surface area contributed by atoms with E-state index in [2.05, 4.69) is 22.8 Å². The number of hydrogen-bond acceptors (Lipinski definition) is 3. The Morgan fingerprint density at radius 1 is 1.11 bits per heavy atom. The SMILES string of the molecule is O=C(CCCc1ccc(Cl)c(Cl)c1)NCCc1ccc2c(n1)NCCCC2. The second-order valence-corrected chi connectivity index (χ2v) is 7.71. The first-order valence-corrected chi connectivity index (χ1v) is 10.3. The third-order valence-electron chi connectivity index (χ3n) is 4.76. The number of nitrogens with one attached hydrogen (secondary N) is 2. The van der Waals surface area contributed by atoms with E-state index in [9.17, 15) is 4.79 Å². The van der Waals surface area contributed by atoms with E-state index < -0.39 is 0 Å². The summed E-state index contributed by atoms with van der Waals surface area (Å²) in [6.07, 6.45) is 6.31. The Kier molecular flexibility index (Phi) is 7.36. The summed E-state index contributed by atoms with van der Waals surface area (Å²) in [6.45, 7) is 1.59. The van der Waals surface area contributed by atoms with Crippen LogP contribution in [0.4, 0.5) is 5.82 Å². The van der Waals surface area contributed by atoms with Gasteiger partial charge in [-0.3, -0.25) is 4.79 Å². The van der Waals surface area contributed by atoms with Gasteiger partial charge < -0.3 is 10.6 Å². The van der Waals surface area contributed by atoms with Crippen molar-refractivity contribution in [3.8, 4) is 0 Å². The van der Waals surface area contributed by atoms with Gasteiger partial charge in [0.15, 0.2) is 0 Å². The molecule has 3 rings (SSSR count). The van der Waals surface area contributed by atoms with Crippen LogP contribution in [0.25, 0.3) is 0 Å². The van der Waals surface area contributed by atoms with E-state index in [1.807, 2.05) is 12.1 Å². The molecule has 0 unspecified atom stereocenters. The number of aryl methyl sites for hydroxylation is 2. The maximum Gasteiger partial charge on any atom is 0.220 e. The molecule has 2 N–H and O–H groups in total. The molecular weight excluding hydrogens is 381 g/mol. The largest absolute Gasteiger partial charge is 0.370 e. The molecule has 27 heavy (non-hydrogen) atoms. The Morgan fingerprint density at radius 2 is 2.00 bits per heavy atom. The van der Waals surface area contributed by atoms with E-state index >= 15 is 0 Å². The smallest absolute Gasteiger partial charge is 0.220 e. The van der Waals surface area contributed by atoms with Gasteiger partial charge in [-0.15, -0.1) is 0 Å². The predicted molar refractivity (Wildman–Crippen MR) is 112 cm³/mol. The molecule has 0 fully saturated rings. The second kappa shape index (κ2) is 9.95. The summed E-state index contributed by atoms with van der Waals surface area (Å²) >= 11 is 11.9. The molecular formula is C21H25Cl2N3O. The Balaban J connectivity index is 1.38. The molecule has 2 heterocycles. The van der Waals surface area contributed by atoms with Crippen LogP contribution in [0.2, 0.25) is 10.0 Å². The second-order valence-electron chi connectivity index (χ2n) is 6.90. The number of fused-ring (bicyclic) bond motifs is 1. The first-order chi connectivity index (χ1) is 13.1. The lowest BCUT2D eigenvalue weighted by molar-refractivity contribution is -0.121. The zero-order chi connectivity index (χ0) is 19.1. The molecule has 0 bridgehead atoms. The molecule has 1 aromatic carbocycles. The fourth-order valence-electron chi connectivity index (χ4n) is 3.24. The van der Waals surface area contributed by atoms with Crippen molar-refractivity contribution >= 4 is 34.9 Å². The van der Waals surface area contributed by atoms with Crippen LogP contribution in [-0.2, 0) is 24.1 Å². The molecule has 144 valence electrons. The normalized spacial score (nSPS) is 13.4. The van der Waals surface area contributed by atoms with Gasteiger partial charge in [0.25, 0.3) is 0 Å². The standard InChI is InChI=1S/C21H25Cl2N3O/c22-18-10-7-15(14-19(18)23)4-3-6-20(27)24-13-11-17-9-8-16-5-1-2-12-25-21(16)26-17/h7-10,14H,1-6,11-13H2,(H,24,27)(H,25,26). The van der Waals surface area contributed by atoms with Crippen molar-refractivity contribution < 1.29 is 4.79 Å². The molecule has 2 aromatic rings. The number of carbonyl (C=O) groups excluding carboxylic acids is 1. The maximum atomic E-state index is 12.0. The molecule has 0 atom stereocenters. The number of hydrogen-bond donors (Lipinski definition) is 2. The number of halogens is 2. The van der Waals surface area contributed by atoms with Crippen LogP contribution in [0.5, 0.6) is 0 Å². The minimum atomic E-state index is 0.0722. The van der Waals surface area contributed by atoms with Crippen molar-refractivity contribution in [1.82, 2.24) is 10.3 Å². The van der Waals surface area contributed by atoms with E-state index in [4.69, 9.17) is 28.2 Å². The monoisotopic (exact) mass is 405 g/mol. The molecule has 1 aliphatic heterocycles. The van der Waals surface area contributed by atoms with Crippen LogP contribution in [0, 0.1) is 0 Å². The summed E-state index contributed by atoms with van der Waals surface area (Å²) in [7, 11) is 0. The number of pyridine rings is 1. The van der Waals surface area contributed by atoms with Gasteiger partial charge >= 0.3 is 0 Å². The van der Waals surface area contributed by atoms with E-state index in [0.29, 0.717) is 23.0 Å². The van der Waals surface area contributed by atoms with E-state index in [-0.39, 0.29) is 5.91 Å². The number of nitrogens with zero attached hydrogens (tertiary/aromatic N) is 1. The highest BCUT2D eigenvalue weighted by Gasteiger charge is 2.09. The predicted octanol–water partition coefficient (Wildman–Crippen LogP) is 4.82.